The molecule has 1 aromatic carbocycles. The summed E-state index contributed by atoms with van der Waals surface area (Å²) in [6.07, 6.45) is 0.957. The molecule has 0 bridgehead atoms. The molecule has 19 heavy (non-hydrogen) atoms. The monoisotopic (exact) mass is 283 g/mol. The average Bonchev–Trinajstić information content (AvgIpc) is 2.66. The van der Waals surface area contributed by atoms with Crippen molar-refractivity contribution in [1.29, 1.82) is 0 Å². The van der Waals surface area contributed by atoms with Gasteiger partial charge in [0.15, 0.2) is 0 Å². The van der Waals surface area contributed by atoms with Crippen molar-refractivity contribution in [2.24, 2.45) is 0 Å². The molecule has 1 aliphatic rings. The molecule has 2 rings (SSSR count). The van der Waals surface area contributed by atoms with Crippen LogP contribution in [0.25, 0.3) is 0 Å². The molecule has 0 spiro atoms. The number of hydrogen-bond donors (Lipinski definition) is 0. The number of rotatable bonds is 3. The van der Waals surface area contributed by atoms with E-state index in [0.717, 1.165) is 37.1 Å². The van der Waals surface area contributed by atoms with E-state index in [1.165, 1.54) is 12.1 Å². The number of nitrogens with zero attached hydrogens (tertiary/aromatic N) is 3. The van der Waals surface area contributed by atoms with Gasteiger partial charge in [0.1, 0.15) is 5.69 Å². The van der Waals surface area contributed by atoms with Gasteiger partial charge in [-0.2, -0.15) is 11.8 Å². The maximum absolute atomic E-state index is 11.1. The zero-order valence-corrected chi connectivity index (χ0v) is 11.0. The van der Waals surface area contributed by atoms with Crippen LogP contribution in [0.3, 0.4) is 0 Å². The van der Waals surface area contributed by atoms with Crippen LogP contribution in [0, 0.1) is 20.2 Å². The van der Waals surface area contributed by atoms with Crippen molar-refractivity contribution in [3.63, 3.8) is 0 Å². The van der Waals surface area contributed by atoms with Gasteiger partial charge in [0.05, 0.1) is 15.9 Å². The second-order valence-electron chi connectivity index (χ2n) is 4.14. The number of non-ortho nitro benzene ring substituents is 1. The van der Waals surface area contributed by atoms with Gasteiger partial charge in [0.2, 0.25) is 0 Å². The lowest BCUT2D eigenvalue weighted by Gasteiger charge is -2.21. The topological polar surface area (TPSA) is 89.5 Å². The molecule has 1 fully saturated rings. The zero-order chi connectivity index (χ0) is 13.8. The lowest BCUT2D eigenvalue weighted by Crippen LogP contribution is -2.26. The van der Waals surface area contributed by atoms with Gasteiger partial charge in [-0.3, -0.25) is 20.2 Å². The Balaban J connectivity index is 2.37. The molecule has 0 unspecified atom stereocenters. The first-order valence-electron chi connectivity index (χ1n) is 5.85. The van der Waals surface area contributed by atoms with Gasteiger partial charge in [0, 0.05) is 24.9 Å². The zero-order valence-electron chi connectivity index (χ0n) is 10.2. The molecule has 0 aromatic heterocycles. The van der Waals surface area contributed by atoms with Crippen LogP contribution in [-0.2, 0) is 0 Å². The van der Waals surface area contributed by atoms with Crippen LogP contribution in [0.2, 0.25) is 0 Å². The van der Waals surface area contributed by atoms with Gasteiger partial charge in [-0.25, -0.2) is 0 Å². The van der Waals surface area contributed by atoms with Crippen molar-refractivity contribution in [3.8, 4) is 0 Å². The first-order chi connectivity index (χ1) is 9.09. The molecule has 0 N–H and O–H groups in total. The summed E-state index contributed by atoms with van der Waals surface area (Å²) in [5.41, 5.74) is 0.0267. The van der Waals surface area contributed by atoms with E-state index in [1.807, 2.05) is 16.7 Å². The van der Waals surface area contributed by atoms with Gasteiger partial charge in [-0.05, 0) is 18.2 Å². The van der Waals surface area contributed by atoms with Crippen LogP contribution in [0.1, 0.15) is 6.42 Å². The maximum atomic E-state index is 11.1. The minimum atomic E-state index is -0.616. The smallest absolute Gasteiger partial charge is 0.299 e. The Morgan fingerprint density at radius 1 is 1.11 bits per heavy atom. The summed E-state index contributed by atoms with van der Waals surface area (Å²) in [4.78, 5) is 22.5. The Labute approximate surface area is 113 Å². The van der Waals surface area contributed by atoms with Crippen molar-refractivity contribution in [2.45, 2.75) is 6.42 Å². The number of nitro groups is 2. The number of nitro benzene ring substituents is 2. The summed E-state index contributed by atoms with van der Waals surface area (Å²) in [5.74, 6) is 1.95. The normalized spacial score (nSPS) is 15.9. The molecular weight excluding hydrogens is 270 g/mol. The van der Waals surface area contributed by atoms with Crippen LogP contribution in [-0.4, -0.2) is 34.4 Å². The largest absolute Gasteiger partial charge is 0.365 e. The highest BCUT2D eigenvalue weighted by molar-refractivity contribution is 7.99. The van der Waals surface area contributed by atoms with E-state index in [9.17, 15) is 20.2 Å². The quantitative estimate of drug-likeness (QED) is 0.625. The highest BCUT2D eigenvalue weighted by Gasteiger charge is 2.23. The van der Waals surface area contributed by atoms with Gasteiger partial charge < -0.3 is 4.90 Å². The molecule has 102 valence electrons. The molecule has 0 saturated carbocycles. The molecule has 0 amide bonds. The summed E-state index contributed by atoms with van der Waals surface area (Å²) in [5, 5.41) is 21.8. The number of hydrogen-bond acceptors (Lipinski definition) is 6. The highest BCUT2D eigenvalue weighted by Crippen LogP contribution is 2.32. The molecule has 1 aromatic rings. The molecule has 1 saturated heterocycles. The third-order valence-corrected chi connectivity index (χ3v) is 3.98. The Kier molecular flexibility index (Phi) is 4.20. The third-order valence-electron chi connectivity index (χ3n) is 2.93. The Bertz CT molecular complexity index is 501. The lowest BCUT2D eigenvalue weighted by atomic mass is 10.2. The number of anilines is 1. The fourth-order valence-corrected chi connectivity index (χ4v) is 2.91. The van der Waals surface area contributed by atoms with Crippen molar-refractivity contribution in [2.75, 3.05) is 29.5 Å². The lowest BCUT2D eigenvalue weighted by molar-refractivity contribution is -0.393. The second-order valence-corrected chi connectivity index (χ2v) is 5.36. The van der Waals surface area contributed by atoms with E-state index >= 15 is 0 Å². The summed E-state index contributed by atoms with van der Waals surface area (Å²) in [7, 11) is 0. The van der Waals surface area contributed by atoms with Crippen LogP contribution in [0.15, 0.2) is 18.2 Å². The van der Waals surface area contributed by atoms with E-state index in [0.29, 0.717) is 5.69 Å². The molecule has 7 nitrogen and oxygen atoms in total. The summed E-state index contributed by atoms with van der Waals surface area (Å²) >= 11 is 1.82. The average molecular weight is 283 g/mol. The molecule has 1 aliphatic heterocycles. The van der Waals surface area contributed by atoms with E-state index in [-0.39, 0.29) is 11.4 Å². The SMILES string of the molecule is O=[N+]([O-])c1ccc(N2CCCSCC2)c([N+](=O)[O-])c1. The van der Waals surface area contributed by atoms with E-state index in [1.54, 1.807) is 0 Å². The maximum Gasteiger partial charge on any atom is 0.299 e. The van der Waals surface area contributed by atoms with Gasteiger partial charge >= 0.3 is 0 Å². The van der Waals surface area contributed by atoms with Gasteiger partial charge in [-0.15, -0.1) is 0 Å². The molecular formula is C11H13N3O4S. The van der Waals surface area contributed by atoms with E-state index in [4.69, 9.17) is 0 Å². The summed E-state index contributed by atoms with van der Waals surface area (Å²) < 4.78 is 0. The standard InChI is InChI=1S/C11H13N3O4S/c15-13(16)9-2-3-10(11(8-9)14(17)18)12-4-1-6-19-7-5-12/h2-3,8H,1,4-7H2. The van der Waals surface area contributed by atoms with Gasteiger partial charge in [0.25, 0.3) is 11.4 Å². The van der Waals surface area contributed by atoms with Crippen molar-refractivity contribution < 1.29 is 9.85 Å². The predicted molar refractivity (Wildman–Crippen MR) is 73.9 cm³/mol. The van der Waals surface area contributed by atoms with Crippen molar-refractivity contribution in [3.05, 3.63) is 38.4 Å². The fourth-order valence-electron chi connectivity index (χ4n) is 2.03. The Morgan fingerprint density at radius 3 is 2.58 bits per heavy atom. The first kappa shape index (κ1) is 13.6. The minimum Gasteiger partial charge on any atom is -0.365 e. The van der Waals surface area contributed by atoms with Crippen LogP contribution in [0.4, 0.5) is 17.1 Å². The molecule has 0 radical (unpaired) electrons. The highest BCUT2D eigenvalue weighted by atomic mass is 32.2. The van der Waals surface area contributed by atoms with Crippen LogP contribution >= 0.6 is 11.8 Å². The molecule has 1 heterocycles. The van der Waals surface area contributed by atoms with Crippen molar-refractivity contribution in [1.82, 2.24) is 0 Å². The van der Waals surface area contributed by atoms with E-state index in [2.05, 4.69) is 0 Å². The fraction of sp³-hybridized carbons (Fsp3) is 0.455. The van der Waals surface area contributed by atoms with Crippen molar-refractivity contribution >= 4 is 28.8 Å². The summed E-state index contributed by atoms with van der Waals surface area (Å²) in [6.45, 7) is 1.47. The number of thioether (sulfide) groups is 1. The Hall–Kier alpha value is -1.83. The van der Waals surface area contributed by atoms with Gasteiger partial charge in [-0.1, -0.05) is 0 Å². The molecule has 0 aliphatic carbocycles. The second kappa shape index (κ2) is 5.87. The van der Waals surface area contributed by atoms with E-state index < -0.39 is 9.85 Å². The summed E-state index contributed by atoms with van der Waals surface area (Å²) in [6, 6.07) is 3.83. The third kappa shape index (κ3) is 3.14. The predicted octanol–water partition coefficient (Wildman–Crippen LogP) is 2.45. The van der Waals surface area contributed by atoms with Crippen LogP contribution in [0.5, 0.6) is 0 Å². The number of benzene rings is 1. The molecule has 8 heteroatoms. The Morgan fingerprint density at radius 2 is 1.89 bits per heavy atom. The first-order valence-corrected chi connectivity index (χ1v) is 7.00. The molecule has 0 atom stereocenters. The van der Waals surface area contributed by atoms with Crippen LogP contribution < -0.4 is 4.90 Å². The minimum absolute atomic E-state index is 0.193.